The Morgan fingerprint density at radius 1 is 1.23 bits per heavy atom. The van der Waals surface area contributed by atoms with E-state index >= 15 is 0 Å². The lowest BCUT2D eigenvalue weighted by Gasteiger charge is -2.31. The predicted octanol–water partition coefficient (Wildman–Crippen LogP) is 2.71. The third-order valence-corrected chi connectivity index (χ3v) is 4.94. The van der Waals surface area contributed by atoms with Gasteiger partial charge in [0.05, 0.1) is 6.54 Å². The van der Waals surface area contributed by atoms with Crippen LogP contribution in [-0.2, 0) is 17.9 Å². The van der Waals surface area contributed by atoms with Crippen LogP contribution in [0.15, 0.2) is 48.5 Å². The summed E-state index contributed by atoms with van der Waals surface area (Å²) in [6, 6.07) is 14.6. The van der Waals surface area contributed by atoms with Crippen LogP contribution in [0.4, 0.5) is 0 Å². The third-order valence-electron chi connectivity index (χ3n) is 4.57. The summed E-state index contributed by atoms with van der Waals surface area (Å²) < 4.78 is 0. The molecule has 1 aliphatic heterocycles. The fourth-order valence-corrected chi connectivity index (χ4v) is 3.44. The molecule has 0 radical (unpaired) electrons. The molecular weight excluding hydrogens is 352 g/mol. The Kier molecular flexibility index (Phi) is 5.03. The quantitative estimate of drug-likeness (QED) is 0.877. The Morgan fingerprint density at radius 2 is 1.88 bits per heavy atom. The maximum atomic E-state index is 12.7. The van der Waals surface area contributed by atoms with Crippen molar-refractivity contribution >= 4 is 23.4 Å². The van der Waals surface area contributed by atoms with E-state index in [1.54, 1.807) is 25.2 Å². The Morgan fingerprint density at radius 3 is 2.58 bits per heavy atom. The van der Waals surface area contributed by atoms with Gasteiger partial charge in [0.25, 0.3) is 11.8 Å². The molecule has 1 atom stereocenters. The Hall–Kier alpha value is -2.37. The van der Waals surface area contributed by atoms with E-state index < -0.39 is 11.5 Å². The number of rotatable bonds is 5. The van der Waals surface area contributed by atoms with E-state index in [4.69, 9.17) is 11.6 Å². The predicted molar refractivity (Wildman–Crippen MR) is 99.7 cm³/mol. The number of halogens is 1. The monoisotopic (exact) mass is 372 g/mol. The maximum Gasteiger partial charge on any atom is 0.256 e. The van der Waals surface area contributed by atoms with Crippen LogP contribution < -0.4 is 0 Å². The Balaban J connectivity index is 1.69. The molecule has 0 bridgehead atoms. The van der Waals surface area contributed by atoms with Gasteiger partial charge in [-0.25, -0.2) is 0 Å². The van der Waals surface area contributed by atoms with Gasteiger partial charge in [-0.05, 0) is 30.2 Å². The summed E-state index contributed by atoms with van der Waals surface area (Å²) in [5, 5.41) is 11.3. The fraction of sp³-hybridized carbons (Fsp3) is 0.300. The van der Waals surface area contributed by atoms with Crippen molar-refractivity contribution in [2.45, 2.75) is 25.6 Å². The first-order valence-corrected chi connectivity index (χ1v) is 8.76. The van der Waals surface area contributed by atoms with Crippen LogP contribution >= 0.6 is 11.6 Å². The number of hydrogen-bond acceptors (Lipinski definition) is 3. The van der Waals surface area contributed by atoms with Gasteiger partial charge in [0.1, 0.15) is 0 Å². The number of amides is 2. The van der Waals surface area contributed by atoms with Crippen molar-refractivity contribution in [1.29, 1.82) is 0 Å². The number of nitrogens with zero attached hydrogens (tertiary/aromatic N) is 2. The van der Waals surface area contributed by atoms with E-state index in [0.717, 1.165) is 11.1 Å². The number of carbonyl (C=O) groups excluding carboxylic acids is 2. The van der Waals surface area contributed by atoms with Crippen molar-refractivity contribution in [3.63, 3.8) is 0 Å². The first kappa shape index (κ1) is 18.4. The number of benzene rings is 2. The summed E-state index contributed by atoms with van der Waals surface area (Å²) in [6.45, 7) is 2.05. The minimum absolute atomic E-state index is 0.0633. The van der Waals surface area contributed by atoms with Crippen LogP contribution in [0.2, 0.25) is 5.02 Å². The van der Waals surface area contributed by atoms with Crippen molar-refractivity contribution < 1.29 is 14.7 Å². The van der Waals surface area contributed by atoms with Crippen LogP contribution in [0.3, 0.4) is 0 Å². The second-order valence-electron chi connectivity index (χ2n) is 6.84. The van der Waals surface area contributed by atoms with Crippen molar-refractivity contribution in [3.8, 4) is 0 Å². The van der Waals surface area contributed by atoms with Gasteiger partial charge in [0.2, 0.25) is 0 Å². The number of β-amino-alcohol motifs (C(OH)–C–C–N with tert-alkyl or cyclic N) is 1. The molecule has 0 spiro atoms. The molecule has 0 fully saturated rings. The SMILES string of the molecule is CN(Cc1ccccc1Cl)C(=O)[C@@](C)(O)CN1Cc2ccccc2C1=O. The Bertz CT molecular complexity index is 850. The molecule has 1 heterocycles. The zero-order valence-electron chi connectivity index (χ0n) is 14.8. The molecule has 0 unspecified atom stereocenters. The summed E-state index contributed by atoms with van der Waals surface area (Å²) in [5.74, 6) is -0.622. The first-order valence-electron chi connectivity index (χ1n) is 8.38. The number of carbonyl (C=O) groups is 2. The van der Waals surface area contributed by atoms with Crippen LogP contribution in [-0.4, -0.2) is 45.9 Å². The first-order chi connectivity index (χ1) is 12.3. The smallest absolute Gasteiger partial charge is 0.256 e. The molecule has 0 aromatic heterocycles. The summed E-state index contributed by atoms with van der Waals surface area (Å²) in [5.41, 5.74) is 0.643. The molecular formula is C20H21ClN2O3. The van der Waals surface area contributed by atoms with E-state index in [1.165, 1.54) is 16.7 Å². The van der Waals surface area contributed by atoms with Crippen molar-refractivity contribution in [2.24, 2.45) is 0 Å². The molecule has 0 saturated carbocycles. The van der Waals surface area contributed by atoms with E-state index in [-0.39, 0.29) is 19.0 Å². The van der Waals surface area contributed by atoms with Crippen molar-refractivity contribution in [2.75, 3.05) is 13.6 Å². The number of aliphatic hydroxyl groups is 1. The molecule has 2 amide bonds. The number of fused-ring (bicyclic) bond motifs is 1. The van der Waals surface area contributed by atoms with Gasteiger partial charge in [-0.3, -0.25) is 9.59 Å². The van der Waals surface area contributed by atoms with Gasteiger partial charge >= 0.3 is 0 Å². The summed E-state index contributed by atoms with van der Waals surface area (Å²) in [6.07, 6.45) is 0. The lowest BCUT2D eigenvalue weighted by atomic mass is 10.0. The summed E-state index contributed by atoms with van der Waals surface area (Å²) in [7, 11) is 1.61. The lowest BCUT2D eigenvalue weighted by molar-refractivity contribution is -0.150. The van der Waals surface area contributed by atoms with Gasteiger partial charge < -0.3 is 14.9 Å². The normalized spacial score (nSPS) is 15.5. The van der Waals surface area contributed by atoms with Crippen LogP contribution in [0.25, 0.3) is 0 Å². The molecule has 2 aromatic rings. The molecule has 0 saturated heterocycles. The fourth-order valence-electron chi connectivity index (χ4n) is 3.25. The topological polar surface area (TPSA) is 60.9 Å². The zero-order chi connectivity index (χ0) is 18.9. The molecule has 0 aliphatic carbocycles. The second-order valence-corrected chi connectivity index (χ2v) is 7.25. The van der Waals surface area contributed by atoms with E-state index in [9.17, 15) is 14.7 Å². The van der Waals surface area contributed by atoms with E-state index in [1.807, 2.05) is 30.3 Å². The highest BCUT2D eigenvalue weighted by atomic mass is 35.5. The molecule has 136 valence electrons. The zero-order valence-corrected chi connectivity index (χ0v) is 15.5. The minimum Gasteiger partial charge on any atom is -0.378 e. The summed E-state index contributed by atoms with van der Waals surface area (Å²) >= 11 is 6.14. The molecule has 1 aliphatic rings. The van der Waals surface area contributed by atoms with Gasteiger partial charge in [0, 0.05) is 30.7 Å². The van der Waals surface area contributed by atoms with E-state index in [0.29, 0.717) is 17.1 Å². The highest BCUT2D eigenvalue weighted by Gasteiger charge is 2.39. The highest BCUT2D eigenvalue weighted by molar-refractivity contribution is 6.31. The van der Waals surface area contributed by atoms with Gasteiger partial charge in [-0.2, -0.15) is 0 Å². The molecule has 6 heteroatoms. The van der Waals surface area contributed by atoms with Crippen molar-refractivity contribution in [1.82, 2.24) is 9.80 Å². The largest absolute Gasteiger partial charge is 0.378 e. The van der Waals surface area contributed by atoms with Gasteiger partial charge in [-0.1, -0.05) is 48.0 Å². The van der Waals surface area contributed by atoms with Crippen LogP contribution in [0, 0.1) is 0 Å². The van der Waals surface area contributed by atoms with Crippen LogP contribution in [0.5, 0.6) is 0 Å². The minimum atomic E-state index is -1.69. The summed E-state index contributed by atoms with van der Waals surface area (Å²) in [4.78, 5) is 28.1. The Labute approximate surface area is 157 Å². The van der Waals surface area contributed by atoms with Gasteiger partial charge in [-0.15, -0.1) is 0 Å². The average molecular weight is 373 g/mol. The van der Waals surface area contributed by atoms with E-state index in [2.05, 4.69) is 0 Å². The number of likely N-dealkylation sites (N-methyl/N-ethyl adjacent to an activating group) is 1. The standard InChI is InChI=1S/C20H21ClN2O3/c1-20(26,13-23-12-14-7-3-5-9-16(14)18(23)24)19(25)22(2)11-15-8-4-6-10-17(15)21/h3-10,26H,11-13H2,1-2H3/t20-/m0/s1. The third kappa shape index (κ3) is 3.59. The average Bonchev–Trinajstić information content (AvgIpc) is 2.92. The number of hydrogen-bond donors (Lipinski definition) is 1. The molecule has 2 aromatic carbocycles. The lowest BCUT2D eigenvalue weighted by Crippen LogP contribution is -2.52. The molecule has 26 heavy (non-hydrogen) atoms. The molecule has 1 N–H and O–H groups in total. The highest BCUT2D eigenvalue weighted by Crippen LogP contribution is 2.25. The van der Waals surface area contributed by atoms with Crippen molar-refractivity contribution in [3.05, 3.63) is 70.2 Å². The maximum absolute atomic E-state index is 12.7. The molecule has 5 nitrogen and oxygen atoms in total. The van der Waals surface area contributed by atoms with Crippen LogP contribution in [0.1, 0.15) is 28.4 Å². The molecule has 3 rings (SSSR count). The van der Waals surface area contributed by atoms with Gasteiger partial charge in [0.15, 0.2) is 5.60 Å². The second kappa shape index (κ2) is 7.09.